The van der Waals surface area contributed by atoms with Crippen LogP contribution in [0.4, 0.5) is 4.79 Å². The molecule has 0 aliphatic heterocycles. The summed E-state index contributed by atoms with van der Waals surface area (Å²) in [6, 6.07) is -0.865. The molecule has 1 saturated carbocycles. The molecule has 0 spiro atoms. The van der Waals surface area contributed by atoms with Crippen LogP contribution in [0.5, 0.6) is 0 Å². The van der Waals surface area contributed by atoms with Crippen LogP contribution in [0.1, 0.15) is 49.9 Å². The molecular weight excluding hydrogens is 290 g/mol. The number of hydrogen-bond donors (Lipinski definition) is 3. The summed E-state index contributed by atoms with van der Waals surface area (Å²) in [6.45, 7) is 5.47. The van der Waals surface area contributed by atoms with Crippen LogP contribution in [-0.4, -0.2) is 28.1 Å². The highest BCUT2D eigenvalue weighted by Crippen LogP contribution is 2.38. The van der Waals surface area contributed by atoms with Crippen LogP contribution in [0.2, 0.25) is 0 Å². The van der Waals surface area contributed by atoms with Crippen molar-refractivity contribution in [3.8, 4) is 0 Å². The van der Waals surface area contributed by atoms with Gasteiger partial charge in [0, 0.05) is 17.1 Å². The fraction of sp³-hybridized carbons (Fsp3) is 0.643. The van der Waals surface area contributed by atoms with Gasteiger partial charge in [-0.05, 0) is 33.6 Å². The highest BCUT2D eigenvalue weighted by Gasteiger charge is 2.46. The molecule has 6 nitrogen and oxygen atoms in total. The van der Waals surface area contributed by atoms with Crippen LogP contribution in [0.25, 0.3) is 0 Å². The Hall–Kier alpha value is -1.63. The van der Waals surface area contributed by atoms with Gasteiger partial charge < -0.3 is 15.7 Å². The molecule has 1 aliphatic carbocycles. The minimum atomic E-state index is -0.877. The summed E-state index contributed by atoms with van der Waals surface area (Å²) in [5.74, 6) is -0.853. The van der Waals surface area contributed by atoms with Crippen molar-refractivity contribution in [2.45, 2.75) is 52.1 Å². The zero-order valence-corrected chi connectivity index (χ0v) is 13.3. The van der Waals surface area contributed by atoms with Gasteiger partial charge in [0.05, 0.1) is 11.5 Å². The molecule has 1 aliphatic rings. The Morgan fingerprint density at radius 3 is 2.86 bits per heavy atom. The third-order valence-corrected chi connectivity index (χ3v) is 5.25. The number of carboxylic acid groups (broad SMARTS) is 1. The summed E-state index contributed by atoms with van der Waals surface area (Å²) >= 11 is 1.50. The molecule has 3 unspecified atom stereocenters. The Kier molecular flexibility index (Phi) is 4.51. The number of hydrogen-bond acceptors (Lipinski definition) is 4. The normalized spacial score (nSPS) is 26.3. The molecular formula is C14H21N3O3S. The number of thiazole rings is 1. The maximum absolute atomic E-state index is 12.1. The van der Waals surface area contributed by atoms with Crippen LogP contribution in [-0.2, 0) is 4.79 Å². The standard InChI is InChI=1S/C14H21N3O3S/c1-8-7-21-11(15-8)9(2)16-13(20)17-10-5-4-6-14(10,3)12(18)19/h7,9-10H,4-6H2,1-3H3,(H,18,19)(H2,16,17,20). The monoisotopic (exact) mass is 311 g/mol. The van der Waals surface area contributed by atoms with Crippen molar-refractivity contribution in [2.75, 3.05) is 0 Å². The molecule has 1 fully saturated rings. The maximum Gasteiger partial charge on any atom is 0.315 e. The van der Waals surface area contributed by atoms with Gasteiger partial charge in [-0.3, -0.25) is 4.79 Å². The van der Waals surface area contributed by atoms with E-state index in [1.807, 2.05) is 19.2 Å². The maximum atomic E-state index is 12.1. The summed E-state index contributed by atoms with van der Waals surface area (Å²) in [5.41, 5.74) is 0.0523. The van der Waals surface area contributed by atoms with Gasteiger partial charge in [-0.25, -0.2) is 9.78 Å². The Morgan fingerprint density at radius 1 is 1.57 bits per heavy atom. The van der Waals surface area contributed by atoms with Crippen molar-refractivity contribution in [1.82, 2.24) is 15.6 Å². The average Bonchev–Trinajstić information content (AvgIpc) is 2.97. The number of aryl methyl sites for hydroxylation is 1. The van der Waals surface area contributed by atoms with Crippen LogP contribution in [0, 0.1) is 12.3 Å². The van der Waals surface area contributed by atoms with E-state index in [4.69, 9.17) is 0 Å². The molecule has 0 saturated heterocycles. The first kappa shape index (κ1) is 15.8. The molecule has 3 atom stereocenters. The lowest BCUT2D eigenvalue weighted by molar-refractivity contribution is -0.148. The van der Waals surface area contributed by atoms with Crippen LogP contribution in [0.15, 0.2) is 5.38 Å². The predicted molar refractivity (Wildman–Crippen MR) is 80.3 cm³/mol. The highest BCUT2D eigenvalue weighted by atomic mass is 32.1. The van der Waals surface area contributed by atoms with E-state index >= 15 is 0 Å². The third-order valence-electron chi connectivity index (χ3n) is 4.11. The van der Waals surface area contributed by atoms with Gasteiger partial charge in [-0.1, -0.05) is 6.42 Å². The van der Waals surface area contributed by atoms with E-state index in [-0.39, 0.29) is 18.1 Å². The lowest BCUT2D eigenvalue weighted by Crippen LogP contribution is -2.50. The Balaban J connectivity index is 1.94. The molecule has 0 bridgehead atoms. The van der Waals surface area contributed by atoms with Gasteiger partial charge in [0.15, 0.2) is 0 Å². The molecule has 3 N–H and O–H groups in total. The molecule has 2 amide bonds. The first-order valence-electron chi connectivity index (χ1n) is 7.05. The van der Waals surface area contributed by atoms with Crippen molar-refractivity contribution in [1.29, 1.82) is 0 Å². The third kappa shape index (κ3) is 3.34. The Morgan fingerprint density at radius 2 is 2.29 bits per heavy atom. The van der Waals surface area contributed by atoms with Gasteiger partial charge >= 0.3 is 12.0 Å². The van der Waals surface area contributed by atoms with Gasteiger partial charge in [-0.2, -0.15) is 0 Å². The highest BCUT2D eigenvalue weighted by molar-refractivity contribution is 7.09. The quantitative estimate of drug-likeness (QED) is 0.796. The number of nitrogens with zero attached hydrogens (tertiary/aromatic N) is 1. The van der Waals surface area contributed by atoms with E-state index in [2.05, 4.69) is 15.6 Å². The van der Waals surface area contributed by atoms with Gasteiger partial charge in [0.1, 0.15) is 5.01 Å². The van der Waals surface area contributed by atoms with E-state index in [0.717, 1.165) is 17.1 Å². The zero-order chi connectivity index (χ0) is 15.6. The molecule has 7 heteroatoms. The molecule has 2 rings (SSSR count). The van der Waals surface area contributed by atoms with Gasteiger partial charge in [0.2, 0.25) is 0 Å². The lowest BCUT2D eigenvalue weighted by atomic mass is 9.85. The number of carbonyl (C=O) groups excluding carboxylic acids is 1. The summed E-state index contributed by atoms with van der Waals surface area (Å²) in [7, 11) is 0. The number of rotatable bonds is 4. The van der Waals surface area contributed by atoms with Gasteiger partial charge in [0.25, 0.3) is 0 Å². The first-order chi connectivity index (χ1) is 9.83. The second kappa shape index (κ2) is 6.01. The van der Waals surface area contributed by atoms with Gasteiger partial charge in [-0.15, -0.1) is 11.3 Å². The van der Waals surface area contributed by atoms with Crippen LogP contribution in [0.3, 0.4) is 0 Å². The van der Waals surface area contributed by atoms with Crippen molar-refractivity contribution in [3.05, 3.63) is 16.1 Å². The molecule has 1 aromatic rings. The molecule has 1 aromatic heterocycles. The number of amides is 2. The summed E-state index contributed by atoms with van der Waals surface area (Å²) in [5, 5.41) is 17.7. The van der Waals surface area contributed by atoms with E-state index in [0.29, 0.717) is 12.8 Å². The van der Waals surface area contributed by atoms with Crippen molar-refractivity contribution < 1.29 is 14.7 Å². The smallest absolute Gasteiger partial charge is 0.315 e. The number of aliphatic carboxylic acids is 1. The van der Waals surface area contributed by atoms with Crippen molar-refractivity contribution in [3.63, 3.8) is 0 Å². The molecule has 116 valence electrons. The van der Waals surface area contributed by atoms with E-state index < -0.39 is 11.4 Å². The topological polar surface area (TPSA) is 91.3 Å². The van der Waals surface area contributed by atoms with Crippen molar-refractivity contribution >= 4 is 23.3 Å². The Labute approximate surface area is 128 Å². The summed E-state index contributed by atoms with van der Waals surface area (Å²) in [4.78, 5) is 27.8. The first-order valence-corrected chi connectivity index (χ1v) is 7.93. The second-order valence-electron chi connectivity index (χ2n) is 5.83. The van der Waals surface area contributed by atoms with Crippen LogP contribution >= 0.6 is 11.3 Å². The van der Waals surface area contributed by atoms with Crippen LogP contribution < -0.4 is 10.6 Å². The predicted octanol–water partition coefficient (Wildman–Crippen LogP) is 2.46. The molecule has 0 radical (unpaired) electrons. The molecule has 21 heavy (non-hydrogen) atoms. The molecule has 0 aromatic carbocycles. The Bertz CT molecular complexity index is 545. The van der Waals surface area contributed by atoms with E-state index in [1.165, 1.54) is 11.3 Å². The number of aromatic nitrogens is 1. The fourth-order valence-corrected chi connectivity index (χ4v) is 3.49. The number of carboxylic acids is 1. The largest absolute Gasteiger partial charge is 0.481 e. The zero-order valence-electron chi connectivity index (χ0n) is 12.5. The number of urea groups is 1. The number of carbonyl (C=O) groups is 2. The number of nitrogens with one attached hydrogen (secondary N) is 2. The minimum Gasteiger partial charge on any atom is -0.481 e. The summed E-state index contributed by atoms with van der Waals surface area (Å²) in [6.07, 6.45) is 2.10. The molecule has 1 heterocycles. The average molecular weight is 311 g/mol. The summed E-state index contributed by atoms with van der Waals surface area (Å²) < 4.78 is 0. The lowest BCUT2D eigenvalue weighted by Gasteiger charge is -2.28. The second-order valence-corrected chi connectivity index (χ2v) is 6.72. The van der Waals surface area contributed by atoms with Crippen molar-refractivity contribution in [2.24, 2.45) is 5.41 Å². The fourth-order valence-electron chi connectivity index (χ4n) is 2.68. The van der Waals surface area contributed by atoms with E-state index in [9.17, 15) is 14.7 Å². The minimum absolute atomic E-state index is 0.193. The SMILES string of the molecule is Cc1csc(C(C)NC(=O)NC2CCCC2(C)C(=O)O)n1. The van der Waals surface area contributed by atoms with E-state index in [1.54, 1.807) is 6.92 Å².